The summed E-state index contributed by atoms with van der Waals surface area (Å²) < 4.78 is 25.5. The van der Waals surface area contributed by atoms with Gasteiger partial charge in [0.05, 0.1) is 18.0 Å². The van der Waals surface area contributed by atoms with Gasteiger partial charge in [-0.3, -0.25) is 14.9 Å². The number of halogens is 1. The number of hydrogen-bond acceptors (Lipinski definition) is 5. The maximum Gasteiger partial charge on any atom is 0.244 e. The molecular formula is C11H12ClN3O4S. The van der Waals surface area contributed by atoms with E-state index < -0.39 is 34.9 Å². The Morgan fingerprint density at radius 3 is 2.30 bits per heavy atom. The molecule has 0 aromatic heterocycles. The average molecular weight is 318 g/mol. The van der Waals surface area contributed by atoms with E-state index in [0.717, 1.165) is 4.31 Å². The first-order valence-electron chi connectivity index (χ1n) is 5.60. The number of imide groups is 1. The van der Waals surface area contributed by atoms with E-state index in [-0.39, 0.29) is 15.6 Å². The number of nitrogens with two attached hydrogens (primary N) is 1. The Bertz CT molecular complexity index is 663. The smallest absolute Gasteiger partial charge is 0.244 e. The zero-order chi connectivity index (χ0) is 15.1. The molecule has 0 bridgehead atoms. The van der Waals surface area contributed by atoms with Gasteiger partial charge in [0.2, 0.25) is 21.8 Å². The van der Waals surface area contributed by atoms with Crippen LogP contribution in [0.2, 0.25) is 5.02 Å². The van der Waals surface area contributed by atoms with Gasteiger partial charge in [-0.25, -0.2) is 8.42 Å². The van der Waals surface area contributed by atoms with E-state index in [1.165, 1.54) is 12.1 Å². The van der Waals surface area contributed by atoms with Crippen LogP contribution in [0, 0.1) is 6.92 Å². The predicted molar refractivity (Wildman–Crippen MR) is 72.5 cm³/mol. The van der Waals surface area contributed by atoms with Crippen LogP contribution in [0.1, 0.15) is 5.56 Å². The Morgan fingerprint density at radius 2 is 1.80 bits per heavy atom. The van der Waals surface area contributed by atoms with Crippen LogP contribution < -0.4 is 11.1 Å². The van der Waals surface area contributed by atoms with Crippen molar-refractivity contribution in [2.24, 2.45) is 0 Å². The van der Waals surface area contributed by atoms with E-state index in [9.17, 15) is 18.0 Å². The lowest BCUT2D eigenvalue weighted by Crippen LogP contribution is -2.53. The molecule has 0 radical (unpaired) electrons. The van der Waals surface area contributed by atoms with Crippen LogP contribution in [0.25, 0.3) is 0 Å². The summed E-state index contributed by atoms with van der Waals surface area (Å²) in [6.07, 6.45) is 0. The lowest BCUT2D eigenvalue weighted by atomic mass is 10.2. The van der Waals surface area contributed by atoms with E-state index in [2.05, 4.69) is 0 Å². The molecule has 1 fully saturated rings. The molecule has 1 aromatic rings. The zero-order valence-corrected chi connectivity index (χ0v) is 12.1. The number of carbonyl (C=O) groups is 2. The maximum atomic E-state index is 12.4. The number of nitrogens with zero attached hydrogens (tertiary/aromatic N) is 1. The number of rotatable bonds is 2. The molecule has 1 saturated heterocycles. The number of nitrogens with one attached hydrogen (secondary N) is 1. The van der Waals surface area contributed by atoms with Gasteiger partial charge < -0.3 is 5.73 Å². The Kier molecular flexibility index (Phi) is 3.72. The van der Waals surface area contributed by atoms with Crippen molar-refractivity contribution in [3.63, 3.8) is 0 Å². The number of piperazine rings is 1. The standard InChI is InChI=1S/C11H12ClN3O4S/c1-6-8(12)2-7(3-9(6)13)20(18,19)15-4-10(16)14-11(17)5-15/h2-3H,4-5,13H2,1H3,(H,14,16,17). The highest BCUT2D eigenvalue weighted by Gasteiger charge is 2.33. The van der Waals surface area contributed by atoms with E-state index in [1.807, 2.05) is 5.32 Å². The van der Waals surface area contributed by atoms with Crippen LogP contribution >= 0.6 is 11.6 Å². The largest absolute Gasteiger partial charge is 0.398 e. The Balaban J connectivity index is 2.45. The van der Waals surface area contributed by atoms with Crippen LogP contribution in [0.3, 0.4) is 0 Å². The first-order valence-corrected chi connectivity index (χ1v) is 7.42. The fourth-order valence-corrected chi connectivity index (χ4v) is 3.46. The van der Waals surface area contributed by atoms with Crippen LogP contribution in [0.5, 0.6) is 0 Å². The van der Waals surface area contributed by atoms with Crippen molar-refractivity contribution in [2.45, 2.75) is 11.8 Å². The molecule has 0 aliphatic carbocycles. The summed E-state index contributed by atoms with van der Waals surface area (Å²) in [6, 6.07) is 2.51. The molecule has 7 nitrogen and oxygen atoms in total. The van der Waals surface area contributed by atoms with Crippen LogP contribution in [0.4, 0.5) is 5.69 Å². The molecule has 9 heteroatoms. The maximum absolute atomic E-state index is 12.4. The summed E-state index contributed by atoms with van der Waals surface area (Å²) in [5.74, 6) is -1.34. The van der Waals surface area contributed by atoms with Crippen molar-refractivity contribution in [1.82, 2.24) is 9.62 Å². The van der Waals surface area contributed by atoms with Gasteiger partial charge in [0.25, 0.3) is 0 Å². The Hall–Kier alpha value is -1.64. The number of benzene rings is 1. The van der Waals surface area contributed by atoms with Gasteiger partial charge in [0, 0.05) is 10.7 Å². The van der Waals surface area contributed by atoms with Gasteiger partial charge in [0.1, 0.15) is 0 Å². The molecule has 1 aromatic carbocycles. The van der Waals surface area contributed by atoms with Gasteiger partial charge in [-0.2, -0.15) is 4.31 Å². The summed E-state index contributed by atoms with van der Waals surface area (Å²) in [7, 11) is -4.00. The van der Waals surface area contributed by atoms with Crippen molar-refractivity contribution >= 4 is 39.1 Å². The van der Waals surface area contributed by atoms with Crippen molar-refractivity contribution in [3.8, 4) is 0 Å². The van der Waals surface area contributed by atoms with Gasteiger partial charge >= 0.3 is 0 Å². The highest BCUT2D eigenvalue weighted by molar-refractivity contribution is 7.89. The normalized spacial score (nSPS) is 17.1. The first-order chi connectivity index (χ1) is 9.21. The summed E-state index contributed by atoms with van der Waals surface area (Å²) in [5.41, 5.74) is 6.48. The molecule has 1 heterocycles. The fourth-order valence-electron chi connectivity index (χ4n) is 1.75. The molecule has 0 unspecified atom stereocenters. The minimum Gasteiger partial charge on any atom is -0.398 e. The van der Waals surface area contributed by atoms with E-state index in [1.54, 1.807) is 6.92 Å². The number of amides is 2. The molecule has 0 saturated carbocycles. The van der Waals surface area contributed by atoms with Crippen molar-refractivity contribution in [2.75, 3.05) is 18.8 Å². The molecule has 0 spiro atoms. The van der Waals surface area contributed by atoms with Crippen LogP contribution in [-0.2, 0) is 19.6 Å². The summed E-state index contributed by atoms with van der Waals surface area (Å²) in [6.45, 7) is 0.824. The highest BCUT2D eigenvalue weighted by Crippen LogP contribution is 2.27. The highest BCUT2D eigenvalue weighted by atomic mass is 35.5. The van der Waals surface area contributed by atoms with Crippen molar-refractivity contribution in [1.29, 1.82) is 0 Å². The Labute approximate surface area is 120 Å². The lowest BCUT2D eigenvalue weighted by Gasteiger charge is -2.25. The molecule has 108 valence electrons. The predicted octanol–water partition coefficient (Wildman–Crippen LogP) is -0.122. The molecule has 1 aliphatic rings. The minimum atomic E-state index is -4.00. The summed E-state index contributed by atoms with van der Waals surface area (Å²) in [5, 5.41) is 2.23. The van der Waals surface area contributed by atoms with E-state index in [0.29, 0.717) is 5.56 Å². The molecule has 1 aliphatic heterocycles. The Morgan fingerprint density at radius 1 is 1.25 bits per heavy atom. The quantitative estimate of drug-likeness (QED) is 0.583. The SMILES string of the molecule is Cc1c(N)cc(S(=O)(=O)N2CC(=O)NC(=O)C2)cc1Cl. The lowest BCUT2D eigenvalue weighted by molar-refractivity contribution is -0.134. The second-order valence-corrected chi connectivity index (χ2v) is 6.71. The van der Waals surface area contributed by atoms with Gasteiger partial charge in [-0.1, -0.05) is 11.6 Å². The second-order valence-electron chi connectivity index (χ2n) is 4.36. The number of nitrogen functional groups attached to an aromatic ring is 1. The van der Waals surface area contributed by atoms with Gasteiger partial charge in [-0.15, -0.1) is 0 Å². The van der Waals surface area contributed by atoms with Crippen molar-refractivity contribution in [3.05, 3.63) is 22.7 Å². The number of sulfonamides is 1. The molecule has 0 atom stereocenters. The monoisotopic (exact) mass is 317 g/mol. The number of anilines is 1. The number of hydrogen-bond donors (Lipinski definition) is 2. The molecule has 20 heavy (non-hydrogen) atoms. The van der Waals surface area contributed by atoms with E-state index in [4.69, 9.17) is 17.3 Å². The molecule has 2 rings (SSSR count). The van der Waals surface area contributed by atoms with Crippen LogP contribution in [0.15, 0.2) is 17.0 Å². The topological polar surface area (TPSA) is 110 Å². The third-order valence-corrected chi connectivity index (χ3v) is 5.08. The average Bonchev–Trinajstić information content (AvgIpc) is 2.34. The third kappa shape index (κ3) is 2.62. The van der Waals surface area contributed by atoms with Crippen molar-refractivity contribution < 1.29 is 18.0 Å². The van der Waals surface area contributed by atoms with E-state index >= 15 is 0 Å². The minimum absolute atomic E-state index is 0.145. The van der Waals surface area contributed by atoms with Gasteiger partial charge in [-0.05, 0) is 24.6 Å². The summed E-state index contributed by atoms with van der Waals surface area (Å²) >= 11 is 5.91. The third-order valence-electron chi connectivity index (χ3n) is 2.91. The second kappa shape index (κ2) is 5.04. The zero-order valence-electron chi connectivity index (χ0n) is 10.5. The van der Waals surface area contributed by atoms with Crippen LogP contribution in [-0.4, -0.2) is 37.6 Å². The molecule has 2 amide bonds. The molecular weight excluding hydrogens is 306 g/mol. The number of carbonyl (C=O) groups excluding carboxylic acids is 2. The first kappa shape index (κ1) is 14.8. The fraction of sp³-hybridized carbons (Fsp3) is 0.273. The molecule has 3 N–H and O–H groups in total. The van der Waals surface area contributed by atoms with Gasteiger partial charge in [0.15, 0.2) is 0 Å². The summed E-state index contributed by atoms with van der Waals surface area (Å²) in [4.78, 5) is 22.4.